The topological polar surface area (TPSA) is 81.3 Å². The average Bonchev–Trinajstić information content (AvgIpc) is 3.32. The standard InChI is InChI=1S/C20H20N4O2S/c21-19(25)18-8-7-17(27-18)16-6-2-11-24(16)13-14-4-1-5-15(12-14)26-20-22-9-3-10-23-20/h1,3-5,7-10,12,16H,2,6,11,13H2,(H2,21,25)/t16-/m0/s1. The Kier molecular flexibility index (Phi) is 5.13. The maximum Gasteiger partial charge on any atom is 0.321 e. The number of likely N-dealkylation sites (tertiary alicyclic amines) is 1. The third-order valence-electron chi connectivity index (χ3n) is 4.60. The van der Waals surface area contributed by atoms with Crippen LogP contribution in [0, 0.1) is 0 Å². The predicted octanol–water partition coefficient (Wildman–Crippen LogP) is 3.77. The molecule has 1 fully saturated rings. The number of benzene rings is 1. The fourth-order valence-corrected chi connectivity index (χ4v) is 4.42. The number of hydrogen-bond acceptors (Lipinski definition) is 6. The lowest BCUT2D eigenvalue weighted by atomic mass is 10.1. The van der Waals surface area contributed by atoms with Crippen LogP contribution in [0.15, 0.2) is 54.9 Å². The maximum atomic E-state index is 11.4. The Hall–Kier alpha value is -2.77. The van der Waals surface area contributed by atoms with E-state index in [1.807, 2.05) is 30.3 Å². The molecule has 2 N–H and O–H groups in total. The van der Waals surface area contributed by atoms with Gasteiger partial charge in [0.15, 0.2) is 0 Å². The van der Waals surface area contributed by atoms with Gasteiger partial charge in [0.1, 0.15) is 5.75 Å². The van der Waals surface area contributed by atoms with Gasteiger partial charge in [0, 0.05) is 29.9 Å². The number of carbonyl (C=O) groups is 1. The van der Waals surface area contributed by atoms with Crippen molar-refractivity contribution in [3.8, 4) is 11.8 Å². The van der Waals surface area contributed by atoms with Crippen LogP contribution in [0.4, 0.5) is 0 Å². The molecule has 0 aliphatic carbocycles. The monoisotopic (exact) mass is 380 g/mol. The van der Waals surface area contributed by atoms with Gasteiger partial charge in [-0.05, 0) is 55.3 Å². The van der Waals surface area contributed by atoms with Gasteiger partial charge < -0.3 is 10.5 Å². The molecule has 1 amide bonds. The first-order valence-electron chi connectivity index (χ1n) is 8.86. The van der Waals surface area contributed by atoms with Crippen molar-refractivity contribution >= 4 is 17.2 Å². The second-order valence-electron chi connectivity index (χ2n) is 6.48. The molecule has 0 bridgehead atoms. The third kappa shape index (κ3) is 4.15. The number of aromatic nitrogens is 2. The number of nitrogens with zero attached hydrogens (tertiary/aromatic N) is 3. The molecule has 1 aliphatic heterocycles. The molecule has 138 valence electrons. The Morgan fingerprint density at radius 1 is 1.22 bits per heavy atom. The van der Waals surface area contributed by atoms with Crippen LogP contribution in [0.2, 0.25) is 0 Å². The molecule has 0 spiro atoms. The van der Waals surface area contributed by atoms with Gasteiger partial charge in [0.05, 0.1) is 4.88 Å². The normalized spacial score (nSPS) is 17.1. The predicted molar refractivity (Wildman–Crippen MR) is 104 cm³/mol. The van der Waals surface area contributed by atoms with Gasteiger partial charge in [-0.2, -0.15) is 0 Å². The van der Waals surface area contributed by atoms with E-state index in [0.717, 1.165) is 31.7 Å². The van der Waals surface area contributed by atoms with Crippen LogP contribution in [0.3, 0.4) is 0 Å². The highest BCUT2D eigenvalue weighted by Crippen LogP contribution is 2.37. The van der Waals surface area contributed by atoms with E-state index in [1.54, 1.807) is 18.5 Å². The van der Waals surface area contributed by atoms with E-state index in [4.69, 9.17) is 10.5 Å². The third-order valence-corrected chi connectivity index (χ3v) is 5.80. The number of amides is 1. The second-order valence-corrected chi connectivity index (χ2v) is 7.59. The van der Waals surface area contributed by atoms with Crippen molar-refractivity contribution in [2.24, 2.45) is 5.73 Å². The average molecular weight is 380 g/mol. The quantitative estimate of drug-likeness (QED) is 0.704. The number of carbonyl (C=O) groups excluding carboxylic acids is 1. The van der Waals surface area contributed by atoms with Crippen LogP contribution in [0.5, 0.6) is 11.8 Å². The summed E-state index contributed by atoms with van der Waals surface area (Å²) >= 11 is 1.50. The Bertz CT molecular complexity index is 928. The molecule has 27 heavy (non-hydrogen) atoms. The molecule has 1 saturated heterocycles. The lowest BCUT2D eigenvalue weighted by Crippen LogP contribution is -2.22. The van der Waals surface area contributed by atoms with Crippen molar-refractivity contribution in [3.05, 3.63) is 70.2 Å². The van der Waals surface area contributed by atoms with Gasteiger partial charge in [-0.3, -0.25) is 9.69 Å². The van der Waals surface area contributed by atoms with E-state index in [0.29, 0.717) is 16.9 Å². The van der Waals surface area contributed by atoms with Gasteiger partial charge in [0.25, 0.3) is 5.91 Å². The minimum atomic E-state index is -0.358. The summed E-state index contributed by atoms with van der Waals surface area (Å²) in [5, 5.41) is 0. The Morgan fingerprint density at radius 3 is 2.85 bits per heavy atom. The van der Waals surface area contributed by atoms with Gasteiger partial charge >= 0.3 is 6.01 Å². The zero-order valence-corrected chi connectivity index (χ0v) is 15.6. The summed E-state index contributed by atoms with van der Waals surface area (Å²) < 4.78 is 5.73. The molecule has 6 nitrogen and oxygen atoms in total. The maximum absolute atomic E-state index is 11.4. The van der Waals surface area contributed by atoms with Crippen molar-refractivity contribution < 1.29 is 9.53 Å². The molecule has 1 atom stereocenters. The molecule has 3 heterocycles. The van der Waals surface area contributed by atoms with E-state index in [2.05, 4.69) is 20.9 Å². The summed E-state index contributed by atoms with van der Waals surface area (Å²) in [4.78, 5) is 23.8. The first kappa shape index (κ1) is 17.6. The smallest absolute Gasteiger partial charge is 0.321 e. The highest BCUT2D eigenvalue weighted by molar-refractivity contribution is 7.14. The molecule has 4 rings (SSSR count). The fraction of sp³-hybridized carbons (Fsp3) is 0.250. The lowest BCUT2D eigenvalue weighted by Gasteiger charge is -2.23. The highest BCUT2D eigenvalue weighted by atomic mass is 32.1. The van der Waals surface area contributed by atoms with Crippen molar-refractivity contribution in [1.29, 1.82) is 0 Å². The van der Waals surface area contributed by atoms with Crippen LogP contribution in [-0.4, -0.2) is 27.3 Å². The minimum Gasteiger partial charge on any atom is -0.424 e. The zero-order chi connectivity index (χ0) is 18.6. The number of nitrogens with two attached hydrogens (primary N) is 1. The number of rotatable bonds is 6. The molecule has 1 aromatic carbocycles. The summed E-state index contributed by atoms with van der Waals surface area (Å²) in [6.45, 7) is 1.85. The van der Waals surface area contributed by atoms with Gasteiger partial charge in [-0.25, -0.2) is 9.97 Å². The summed E-state index contributed by atoms with van der Waals surface area (Å²) in [7, 11) is 0. The van der Waals surface area contributed by atoms with Crippen molar-refractivity contribution in [1.82, 2.24) is 14.9 Å². The van der Waals surface area contributed by atoms with Crippen LogP contribution in [-0.2, 0) is 6.54 Å². The molecule has 2 aromatic heterocycles. The number of thiophene rings is 1. The number of ether oxygens (including phenoxy) is 1. The van der Waals surface area contributed by atoms with E-state index in [1.165, 1.54) is 21.8 Å². The Morgan fingerprint density at radius 2 is 2.07 bits per heavy atom. The minimum absolute atomic E-state index is 0.324. The molecule has 3 aromatic rings. The molecular weight excluding hydrogens is 360 g/mol. The largest absolute Gasteiger partial charge is 0.424 e. The summed E-state index contributed by atoms with van der Waals surface area (Å²) in [6, 6.07) is 14.3. The zero-order valence-electron chi connectivity index (χ0n) is 14.7. The van der Waals surface area contributed by atoms with E-state index >= 15 is 0 Å². The van der Waals surface area contributed by atoms with Gasteiger partial charge in [-0.15, -0.1) is 11.3 Å². The summed E-state index contributed by atoms with van der Waals surface area (Å²) in [5.74, 6) is 0.366. The van der Waals surface area contributed by atoms with Crippen LogP contribution in [0.25, 0.3) is 0 Å². The molecule has 0 radical (unpaired) electrons. The van der Waals surface area contributed by atoms with Crippen LogP contribution >= 0.6 is 11.3 Å². The van der Waals surface area contributed by atoms with Crippen LogP contribution in [0.1, 0.15) is 39.0 Å². The van der Waals surface area contributed by atoms with Crippen molar-refractivity contribution in [2.75, 3.05) is 6.54 Å². The van der Waals surface area contributed by atoms with Gasteiger partial charge in [0.2, 0.25) is 0 Å². The molecule has 1 aliphatic rings. The van der Waals surface area contributed by atoms with E-state index in [-0.39, 0.29) is 5.91 Å². The second kappa shape index (κ2) is 7.85. The molecular formula is C20H20N4O2S. The number of primary amides is 1. The Balaban J connectivity index is 1.47. The summed E-state index contributed by atoms with van der Waals surface area (Å²) in [5.41, 5.74) is 6.57. The summed E-state index contributed by atoms with van der Waals surface area (Å²) in [6.07, 6.45) is 5.54. The molecule has 7 heteroatoms. The van der Waals surface area contributed by atoms with Crippen molar-refractivity contribution in [2.45, 2.75) is 25.4 Å². The SMILES string of the molecule is NC(=O)c1ccc([C@@H]2CCCN2Cc2cccc(Oc3ncccn3)c2)s1. The van der Waals surface area contributed by atoms with E-state index < -0.39 is 0 Å². The highest BCUT2D eigenvalue weighted by Gasteiger charge is 2.27. The number of hydrogen-bond donors (Lipinski definition) is 1. The molecule has 0 unspecified atom stereocenters. The first-order chi connectivity index (χ1) is 13.2. The van der Waals surface area contributed by atoms with Crippen molar-refractivity contribution in [3.63, 3.8) is 0 Å². The van der Waals surface area contributed by atoms with Crippen LogP contribution < -0.4 is 10.5 Å². The van der Waals surface area contributed by atoms with Gasteiger partial charge in [-0.1, -0.05) is 12.1 Å². The molecule has 0 saturated carbocycles. The first-order valence-corrected chi connectivity index (χ1v) is 9.68. The lowest BCUT2D eigenvalue weighted by molar-refractivity contribution is 0.100. The fourth-order valence-electron chi connectivity index (χ4n) is 3.39. The van der Waals surface area contributed by atoms with E-state index in [9.17, 15) is 4.79 Å². The Labute approximate surface area is 161 Å².